The summed E-state index contributed by atoms with van der Waals surface area (Å²) in [6.07, 6.45) is -4.86. The fraction of sp³-hybridized carbons (Fsp3) is 0.400. The minimum absolute atomic E-state index is 0.183. The number of nitrogens with zero attached hydrogens (tertiary/aromatic N) is 5. The van der Waals surface area contributed by atoms with Crippen LogP contribution in [0.4, 0.5) is 25.1 Å². The Bertz CT molecular complexity index is 891. The van der Waals surface area contributed by atoms with Gasteiger partial charge in [-0.05, 0) is 24.3 Å². The van der Waals surface area contributed by atoms with Gasteiger partial charge in [-0.15, -0.1) is 13.2 Å². The largest absolute Gasteiger partial charge is 0.573 e. The average Bonchev–Trinajstić information content (AvgIpc) is 2.59. The summed E-state index contributed by atoms with van der Waals surface area (Å²) in [5.41, 5.74) is 0. The molecule has 0 fully saturated rings. The summed E-state index contributed by atoms with van der Waals surface area (Å²) in [6, 6.07) is 3.85. The van der Waals surface area contributed by atoms with E-state index in [1.165, 1.54) is 0 Å². The average molecular weight is 420 g/mol. The third-order valence-corrected chi connectivity index (χ3v) is 4.66. The van der Waals surface area contributed by atoms with Gasteiger partial charge in [0, 0.05) is 28.2 Å². The quantitative estimate of drug-likeness (QED) is 0.717. The predicted octanol–water partition coefficient (Wildman–Crippen LogP) is 1.38. The summed E-state index contributed by atoms with van der Waals surface area (Å²) in [4.78, 5) is 15.6. The smallest absolute Gasteiger partial charge is 0.406 e. The van der Waals surface area contributed by atoms with Crippen LogP contribution in [0.15, 0.2) is 29.2 Å². The molecule has 0 bridgehead atoms. The van der Waals surface area contributed by atoms with E-state index in [9.17, 15) is 21.6 Å². The first-order chi connectivity index (χ1) is 12.9. The molecular weight excluding hydrogens is 401 g/mol. The molecule has 0 spiro atoms. The molecular formula is C15H19F3N6O3S. The van der Waals surface area contributed by atoms with Gasteiger partial charge in [0.25, 0.3) is 0 Å². The molecule has 154 valence electrons. The van der Waals surface area contributed by atoms with Crippen LogP contribution in [0.2, 0.25) is 0 Å². The highest BCUT2D eigenvalue weighted by Crippen LogP contribution is 2.24. The number of aromatic nitrogens is 3. The van der Waals surface area contributed by atoms with Gasteiger partial charge in [-0.2, -0.15) is 15.0 Å². The molecule has 1 aromatic carbocycles. The third-order valence-electron chi connectivity index (χ3n) is 3.25. The molecule has 0 radical (unpaired) electrons. The van der Waals surface area contributed by atoms with Gasteiger partial charge in [0.2, 0.25) is 21.9 Å². The molecule has 0 amide bonds. The van der Waals surface area contributed by atoms with E-state index in [1.807, 2.05) is 0 Å². The Balaban J connectivity index is 2.17. The van der Waals surface area contributed by atoms with E-state index in [0.29, 0.717) is 11.9 Å². The zero-order valence-corrected chi connectivity index (χ0v) is 16.3. The van der Waals surface area contributed by atoms with Crippen molar-refractivity contribution in [3.8, 4) is 5.75 Å². The van der Waals surface area contributed by atoms with Gasteiger partial charge in [0.1, 0.15) is 5.75 Å². The molecule has 1 heterocycles. The lowest BCUT2D eigenvalue weighted by Crippen LogP contribution is -2.26. The van der Waals surface area contributed by atoms with Crippen molar-refractivity contribution in [1.82, 2.24) is 19.7 Å². The van der Waals surface area contributed by atoms with Crippen LogP contribution in [-0.4, -0.2) is 57.9 Å². The Morgan fingerprint density at radius 1 is 0.964 bits per heavy atom. The first-order valence-corrected chi connectivity index (χ1v) is 9.31. The number of halogens is 3. The summed E-state index contributed by atoms with van der Waals surface area (Å²) >= 11 is 0. The minimum atomic E-state index is -4.86. The lowest BCUT2D eigenvalue weighted by Gasteiger charge is -2.16. The van der Waals surface area contributed by atoms with Crippen molar-refractivity contribution in [1.29, 1.82) is 0 Å². The molecule has 0 aliphatic heterocycles. The van der Waals surface area contributed by atoms with E-state index in [0.717, 1.165) is 24.3 Å². The predicted molar refractivity (Wildman–Crippen MR) is 95.6 cm³/mol. The highest BCUT2D eigenvalue weighted by molar-refractivity contribution is 7.89. The lowest BCUT2D eigenvalue weighted by molar-refractivity contribution is -0.274. The molecule has 13 heteroatoms. The van der Waals surface area contributed by atoms with Crippen LogP contribution < -0.4 is 19.3 Å². The number of rotatable bonds is 7. The fourth-order valence-corrected chi connectivity index (χ4v) is 2.92. The lowest BCUT2D eigenvalue weighted by atomic mass is 10.3. The highest BCUT2D eigenvalue weighted by atomic mass is 32.2. The molecule has 2 rings (SSSR count). The van der Waals surface area contributed by atoms with Crippen molar-refractivity contribution in [2.75, 3.05) is 38.0 Å². The molecule has 0 saturated heterocycles. The fourth-order valence-electron chi connectivity index (χ4n) is 1.94. The Labute approximate surface area is 160 Å². The van der Waals surface area contributed by atoms with Gasteiger partial charge in [-0.3, -0.25) is 0 Å². The van der Waals surface area contributed by atoms with Gasteiger partial charge in [0.15, 0.2) is 5.82 Å². The summed E-state index contributed by atoms with van der Waals surface area (Å²) in [7, 11) is 2.92. The van der Waals surface area contributed by atoms with Gasteiger partial charge >= 0.3 is 6.36 Å². The molecule has 1 aromatic heterocycles. The maximum Gasteiger partial charge on any atom is 0.573 e. The second-order valence-corrected chi connectivity index (χ2v) is 7.75. The number of hydrogen-bond acceptors (Lipinski definition) is 8. The molecule has 28 heavy (non-hydrogen) atoms. The zero-order valence-electron chi connectivity index (χ0n) is 15.5. The first-order valence-electron chi connectivity index (χ1n) is 7.82. The third kappa shape index (κ3) is 5.92. The van der Waals surface area contributed by atoms with Crippen LogP contribution in [-0.2, 0) is 16.6 Å². The summed E-state index contributed by atoms with van der Waals surface area (Å²) in [5, 5.41) is 0. The Morgan fingerprint density at radius 3 is 1.89 bits per heavy atom. The van der Waals surface area contributed by atoms with Crippen LogP contribution in [0.5, 0.6) is 5.75 Å². The van der Waals surface area contributed by atoms with Crippen molar-refractivity contribution < 1.29 is 26.3 Å². The molecule has 0 aliphatic rings. The van der Waals surface area contributed by atoms with E-state index < -0.39 is 22.1 Å². The molecule has 1 N–H and O–H groups in total. The number of ether oxygens (including phenoxy) is 1. The van der Waals surface area contributed by atoms with E-state index in [4.69, 9.17) is 0 Å². The monoisotopic (exact) mass is 420 g/mol. The summed E-state index contributed by atoms with van der Waals surface area (Å²) < 4.78 is 67.3. The van der Waals surface area contributed by atoms with Gasteiger partial charge in [0.05, 0.1) is 11.4 Å². The standard InChI is InChI=1S/C15H19F3N6O3S/c1-23(2)13-20-12(21-14(22-13)24(3)4)9-19-28(25,26)11-7-5-10(6-8-11)27-15(16,17)18/h5-8,19H,9H2,1-4H3. The maximum atomic E-state index is 12.4. The molecule has 2 aromatic rings. The van der Waals surface area contributed by atoms with Crippen molar-refractivity contribution in [3.05, 3.63) is 30.1 Å². The van der Waals surface area contributed by atoms with Crippen LogP contribution in [0.3, 0.4) is 0 Å². The maximum absolute atomic E-state index is 12.4. The number of anilines is 2. The first kappa shape index (κ1) is 21.6. The minimum Gasteiger partial charge on any atom is -0.406 e. The van der Waals surface area contributed by atoms with Gasteiger partial charge in [-0.25, -0.2) is 13.1 Å². The highest BCUT2D eigenvalue weighted by Gasteiger charge is 2.31. The van der Waals surface area contributed by atoms with Crippen molar-refractivity contribution in [2.45, 2.75) is 17.8 Å². The summed E-state index contributed by atoms with van der Waals surface area (Å²) in [6.45, 7) is -0.229. The SMILES string of the molecule is CN(C)c1nc(CNS(=O)(=O)c2ccc(OC(F)(F)F)cc2)nc(N(C)C)n1. The Hall–Kier alpha value is -2.67. The molecule has 0 saturated carbocycles. The Morgan fingerprint density at radius 2 is 1.46 bits per heavy atom. The van der Waals surface area contributed by atoms with Crippen LogP contribution >= 0.6 is 0 Å². The summed E-state index contributed by atoms with van der Waals surface area (Å²) in [5.74, 6) is 0.362. The van der Waals surface area contributed by atoms with E-state index in [-0.39, 0.29) is 17.3 Å². The van der Waals surface area contributed by atoms with Crippen LogP contribution in [0, 0.1) is 0 Å². The Kier molecular flexibility index (Phi) is 6.29. The van der Waals surface area contributed by atoms with Crippen LogP contribution in [0.1, 0.15) is 5.82 Å². The van der Waals surface area contributed by atoms with Crippen molar-refractivity contribution >= 4 is 21.9 Å². The normalized spacial score (nSPS) is 12.0. The topological polar surface area (TPSA) is 101 Å². The number of alkyl halides is 3. The number of sulfonamides is 1. The van der Waals surface area contributed by atoms with Gasteiger partial charge in [-0.1, -0.05) is 0 Å². The van der Waals surface area contributed by atoms with Crippen molar-refractivity contribution in [2.24, 2.45) is 0 Å². The zero-order chi connectivity index (χ0) is 21.1. The van der Waals surface area contributed by atoms with E-state index in [1.54, 1.807) is 38.0 Å². The number of hydrogen-bond donors (Lipinski definition) is 1. The second-order valence-electron chi connectivity index (χ2n) is 5.98. The number of benzene rings is 1. The van der Waals surface area contributed by atoms with Crippen molar-refractivity contribution in [3.63, 3.8) is 0 Å². The molecule has 0 unspecified atom stereocenters. The number of nitrogens with one attached hydrogen (secondary N) is 1. The molecule has 0 atom stereocenters. The molecule has 9 nitrogen and oxygen atoms in total. The van der Waals surface area contributed by atoms with Crippen LogP contribution in [0.25, 0.3) is 0 Å². The van der Waals surface area contributed by atoms with Gasteiger partial charge < -0.3 is 14.5 Å². The van der Waals surface area contributed by atoms with E-state index >= 15 is 0 Å². The molecule has 0 aliphatic carbocycles. The second kappa shape index (κ2) is 8.14. The van der Waals surface area contributed by atoms with E-state index in [2.05, 4.69) is 24.4 Å².